The molecule has 6 heterocycles. The molecule has 0 saturated carbocycles. The van der Waals surface area contributed by atoms with Crippen molar-refractivity contribution in [1.29, 1.82) is 0 Å². The van der Waals surface area contributed by atoms with Gasteiger partial charge in [-0.05, 0) is 93.0 Å². The van der Waals surface area contributed by atoms with E-state index in [0.717, 1.165) is 65.6 Å². The normalized spacial score (nSPS) is 11.7. The average molecular weight is 771 g/mol. The second kappa shape index (κ2) is 13.5. The fourth-order valence-corrected chi connectivity index (χ4v) is 7.99. The SMILES string of the molecule is c1ccc(-c2nc(-c3ccc4ccc5c(-c6nc(-c7ccccn7)nc(-c7cccc8nccnc78)n6)ccc6ccc3c4c65)nc(-c3cccc4nccnc34)n2)nc1. The molecule has 60 heavy (non-hydrogen) atoms. The summed E-state index contributed by atoms with van der Waals surface area (Å²) in [5.74, 6) is 2.89. The van der Waals surface area contributed by atoms with E-state index < -0.39 is 0 Å². The number of benzene rings is 6. The first-order valence-electron chi connectivity index (χ1n) is 19.2. The second-order valence-electron chi connectivity index (χ2n) is 14.2. The van der Waals surface area contributed by atoms with Crippen molar-refractivity contribution in [3.63, 3.8) is 0 Å². The van der Waals surface area contributed by atoms with E-state index in [9.17, 15) is 0 Å². The van der Waals surface area contributed by atoms with Gasteiger partial charge in [0.2, 0.25) is 0 Å². The number of hydrogen-bond acceptors (Lipinski definition) is 12. The predicted octanol–water partition coefficient (Wildman–Crippen LogP) is 9.63. The molecule has 0 atom stereocenters. The summed E-state index contributed by atoms with van der Waals surface area (Å²) >= 11 is 0. The largest absolute Gasteiger partial charge is 0.253 e. The summed E-state index contributed by atoms with van der Waals surface area (Å²) in [6.45, 7) is 0. The minimum atomic E-state index is 0.455. The van der Waals surface area contributed by atoms with Gasteiger partial charge in [-0.2, -0.15) is 0 Å². The van der Waals surface area contributed by atoms with Crippen LogP contribution in [-0.2, 0) is 0 Å². The molecular formula is C48H26N12. The van der Waals surface area contributed by atoms with Crippen molar-refractivity contribution in [3.05, 3.63) is 159 Å². The Kier molecular flexibility index (Phi) is 7.53. The Labute approximate surface area is 340 Å². The van der Waals surface area contributed by atoms with Crippen LogP contribution in [0, 0.1) is 0 Å². The van der Waals surface area contributed by atoms with Crippen LogP contribution in [-0.4, -0.2) is 59.8 Å². The van der Waals surface area contributed by atoms with Crippen LogP contribution in [0.15, 0.2) is 159 Å². The van der Waals surface area contributed by atoms with Crippen LogP contribution in [0.3, 0.4) is 0 Å². The fourth-order valence-electron chi connectivity index (χ4n) is 7.99. The third kappa shape index (κ3) is 5.46. The van der Waals surface area contributed by atoms with Gasteiger partial charge in [0.15, 0.2) is 34.9 Å². The predicted molar refractivity (Wildman–Crippen MR) is 231 cm³/mol. The average Bonchev–Trinajstić information content (AvgIpc) is 3.33. The highest BCUT2D eigenvalue weighted by Gasteiger charge is 2.22. The molecule has 6 aromatic heterocycles. The van der Waals surface area contributed by atoms with Crippen molar-refractivity contribution < 1.29 is 0 Å². The molecular weight excluding hydrogens is 745 g/mol. The molecule has 0 radical (unpaired) electrons. The Morgan fingerprint density at radius 1 is 0.267 bits per heavy atom. The van der Waals surface area contributed by atoms with Gasteiger partial charge >= 0.3 is 0 Å². The molecule has 0 unspecified atom stereocenters. The smallest absolute Gasteiger partial charge is 0.182 e. The van der Waals surface area contributed by atoms with E-state index in [2.05, 4.69) is 78.4 Å². The summed E-state index contributed by atoms with van der Waals surface area (Å²) < 4.78 is 0. The Morgan fingerprint density at radius 2 is 0.683 bits per heavy atom. The molecule has 12 aromatic rings. The Bertz CT molecular complexity index is 3370. The first kappa shape index (κ1) is 33.5. The number of fused-ring (bicyclic) bond motifs is 2. The van der Waals surface area contributed by atoms with Crippen LogP contribution >= 0.6 is 0 Å². The van der Waals surface area contributed by atoms with Crippen molar-refractivity contribution in [2.24, 2.45) is 0 Å². The van der Waals surface area contributed by atoms with Gasteiger partial charge < -0.3 is 0 Å². The highest BCUT2D eigenvalue weighted by atomic mass is 15.1. The van der Waals surface area contributed by atoms with Crippen LogP contribution in [0.2, 0.25) is 0 Å². The Morgan fingerprint density at radius 3 is 1.13 bits per heavy atom. The number of para-hydroxylation sites is 2. The summed E-state index contributed by atoms with van der Waals surface area (Å²) in [5, 5.41) is 6.28. The van der Waals surface area contributed by atoms with E-state index in [0.29, 0.717) is 57.4 Å². The monoisotopic (exact) mass is 770 g/mol. The first-order valence-corrected chi connectivity index (χ1v) is 19.2. The fraction of sp³-hybridized carbons (Fsp3) is 0. The molecule has 12 rings (SSSR count). The third-order valence-electron chi connectivity index (χ3n) is 10.7. The summed E-state index contributed by atoms with van der Waals surface area (Å²) in [7, 11) is 0. The summed E-state index contributed by atoms with van der Waals surface area (Å²) in [4.78, 5) is 57.9. The van der Waals surface area contributed by atoms with Crippen molar-refractivity contribution in [1.82, 2.24) is 59.8 Å². The number of aromatic nitrogens is 12. The van der Waals surface area contributed by atoms with E-state index in [1.54, 1.807) is 37.2 Å². The molecule has 0 aliphatic heterocycles. The van der Waals surface area contributed by atoms with Crippen molar-refractivity contribution in [3.8, 4) is 68.6 Å². The maximum absolute atomic E-state index is 5.14. The van der Waals surface area contributed by atoms with Crippen molar-refractivity contribution in [2.75, 3.05) is 0 Å². The lowest BCUT2D eigenvalue weighted by Gasteiger charge is -2.16. The van der Waals surface area contributed by atoms with Gasteiger partial charge in [-0.1, -0.05) is 60.7 Å². The van der Waals surface area contributed by atoms with Crippen molar-refractivity contribution >= 4 is 54.4 Å². The third-order valence-corrected chi connectivity index (χ3v) is 10.7. The van der Waals surface area contributed by atoms with Gasteiger partial charge in [0.25, 0.3) is 0 Å². The maximum atomic E-state index is 5.14. The minimum Gasteiger partial charge on any atom is -0.253 e. The highest BCUT2D eigenvalue weighted by molar-refractivity contribution is 6.27. The van der Waals surface area contributed by atoms with Gasteiger partial charge in [0.05, 0.1) is 22.1 Å². The van der Waals surface area contributed by atoms with Gasteiger partial charge in [0.1, 0.15) is 11.4 Å². The zero-order chi connectivity index (χ0) is 39.6. The summed E-state index contributed by atoms with van der Waals surface area (Å²) in [5.41, 5.74) is 7.37. The molecule has 0 aliphatic rings. The molecule has 0 amide bonds. The van der Waals surface area contributed by atoms with Crippen LogP contribution in [0.4, 0.5) is 0 Å². The van der Waals surface area contributed by atoms with Crippen molar-refractivity contribution in [2.45, 2.75) is 0 Å². The molecule has 0 bridgehead atoms. The topological polar surface area (TPSA) is 155 Å². The van der Waals surface area contributed by atoms with Gasteiger partial charge in [-0.25, -0.2) is 29.9 Å². The summed E-state index contributed by atoms with van der Waals surface area (Å²) in [6.07, 6.45) is 10.2. The molecule has 6 aromatic carbocycles. The number of nitrogens with zero attached hydrogens (tertiary/aromatic N) is 12. The number of rotatable bonds is 6. The molecule has 0 N–H and O–H groups in total. The Balaban J connectivity index is 1.09. The second-order valence-corrected chi connectivity index (χ2v) is 14.2. The van der Waals surface area contributed by atoms with E-state index >= 15 is 0 Å². The van der Waals surface area contributed by atoms with E-state index in [4.69, 9.17) is 29.9 Å². The van der Waals surface area contributed by atoms with Gasteiger partial charge in [-0.3, -0.25) is 29.9 Å². The lowest BCUT2D eigenvalue weighted by Crippen LogP contribution is -2.03. The van der Waals surface area contributed by atoms with Crippen LogP contribution in [0.25, 0.3) is 123 Å². The highest BCUT2D eigenvalue weighted by Crippen LogP contribution is 2.42. The van der Waals surface area contributed by atoms with E-state index in [-0.39, 0.29) is 0 Å². The maximum Gasteiger partial charge on any atom is 0.182 e. The van der Waals surface area contributed by atoms with Crippen LogP contribution < -0.4 is 0 Å². The zero-order valence-corrected chi connectivity index (χ0v) is 31.4. The van der Waals surface area contributed by atoms with Crippen LogP contribution in [0.1, 0.15) is 0 Å². The standard InChI is InChI=1S/C48H26N12/c1-3-21-49-37(9-1)47-57-43(55-45(59-47)33-7-5-11-35-41(33)53-25-23-51-35)31-19-15-27-14-18-30-32(20-16-28-13-17-29(31)39(27)40(28)30)44-56-46(60-48(58-44)38-10-2-4-22-50-38)34-8-6-12-36-42(34)54-26-24-52-36/h1-26H. The molecule has 0 fully saturated rings. The molecule has 0 spiro atoms. The summed E-state index contributed by atoms with van der Waals surface area (Å²) in [6, 6.07) is 40.0. The molecule has 12 heteroatoms. The number of hydrogen-bond donors (Lipinski definition) is 0. The Hall–Kier alpha value is -8.64. The molecule has 12 nitrogen and oxygen atoms in total. The van der Waals surface area contributed by atoms with E-state index in [1.807, 2.05) is 72.8 Å². The molecule has 0 aliphatic carbocycles. The first-order chi connectivity index (χ1) is 29.7. The van der Waals surface area contributed by atoms with Crippen LogP contribution in [0.5, 0.6) is 0 Å². The number of pyridine rings is 2. The lowest BCUT2D eigenvalue weighted by atomic mass is 9.89. The molecule has 0 saturated heterocycles. The van der Waals surface area contributed by atoms with Gasteiger partial charge in [0, 0.05) is 59.4 Å². The van der Waals surface area contributed by atoms with Gasteiger partial charge in [-0.15, -0.1) is 0 Å². The zero-order valence-electron chi connectivity index (χ0n) is 31.4. The minimum absolute atomic E-state index is 0.455. The lowest BCUT2D eigenvalue weighted by molar-refractivity contribution is 1.06. The molecule has 278 valence electrons. The quantitative estimate of drug-likeness (QED) is 0.148. The van der Waals surface area contributed by atoms with E-state index in [1.165, 1.54) is 0 Å².